The third-order valence-corrected chi connectivity index (χ3v) is 3.27. The van der Waals surface area contributed by atoms with Gasteiger partial charge in [0.05, 0.1) is 24.9 Å². The third-order valence-electron chi connectivity index (χ3n) is 2.85. The molecule has 0 radical (unpaired) electrons. The number of nitrogens with zero attached hydrogens (tertiary/aromatic N) is 1. The minimum atomic E-state index is -0.179. The zero-order valence-corrected chi connectivity index (χ0v) is 12.8. The van der Waals surface area contributed by atoms with Gasteiger partial charge < -0.3 is 19.8 Å². The zero-order valence-electron chi connectivity index (χ0n) is 11.2. The second-order valence-electron chi connectivity index (χ2n) is 4.30. The molecule has 1 aromatic heterocycles. The molecule has 106 valence electrons. The molecule has 1 aromatic carbocycles. The van der Waals surface area contributed by atoms with Gasteiger partial charge in [0.15, 0.2) is 10.4 Å². The summed E-state index contributed by atoms with van der Waals surface area (Å²) in [5.41, 5.74) is 6.67. The first kappa shape index (κ1) is 14.5. The maximum Gasteiger partial charge on any atom is 0.257 e. The van der Waals surface area contributed by atoms with E-state index < -0.39 is 0 Å². The summed E-state index contributed by atoms with van der Waals surface area (Å²) < 4.78 is 11.2. The van der Waals surface area contributed by atoms with Gasteiger partial charge >= 0.3 is 0 Å². The summed E-state index contributed by atoms with van der Waals surface area (Å²) in [5.74, 6) is 0.905. The van der Waals surface area contributed by atoms with Crippen LogP contribution in [0, 0.1) is 0 Å². The van der Waals surface area contributed by atoms with Crippen LogP contribution in [-0.2, 0) is 6.54 Å². The van der Waals surface area contributed by atoms with E-state index in [4.69, 9.17) is 14.9 Å². The lowest BCUT2D eigenvalue weighted by atomic mass is 10.1. The molecule has 0 atom stereocenters. The van der Waals surface area contributed by atoms with Crippen molar-refractivity contribution in [2.75, 3.05) is 19.9 Å². The van der Waals surface area contributed by atoms with Gasteiger partial charge in [-0.1, -0.05) is 6.07 Å². The highest BCUT2D eigenvalue weighted by Crippen LogP contribution is 2.27. The van der Waals surface area contributed by atoms with E-state index in [2.05, 4.69) is 15.9 Å². The molecule has 5 nitrogen and oxygen atoms in total. The van der Waals surface area contributed by atoms with Crippen molar-refractivity contribution in [2.45, 2.75) is 6.54 Å². The van der Waals surface area contributed by atoms with Crippen LogP contribution in [0.5, 0.6) is 5.75 Å². The van der Waals surface area contributed by atoms with E-state index in [0.717, 1.165) is 0 Å². The minimum Gasteiger partial charge on any atom is -0.494 e. The molecule has 0 aliphatic carbocycles. The van der Waals surface area contributed by atoms with E-state index in [1.807, 2.05) is 6.07 Å². The molecule has 0 aliphatic rings. The van der Waals surface area contributed by atoms with Gasteiger partial charge in [0.1, 0.15) is 5.76 Å². The van der Waals surface area contributed by atoms with Crippen molar-refractivity contribution in [1.82, 2.24) is 4.90 Å². The fraction of sp³-hybridized carbons (Fsp3) is 0.214. The second kappa shape index (κ2) is 6.00. The molecule has 2 N–H and O–H groups in total. The molecule has 0 fully saturated rings. The van der Waals surface area contributed by atoms with E-state index in [1.165, 1.54) is 7.11 Å². The standard InChI is InChI=1S/C14H15BrN2O3/c1-17(8-9-6-7-12(15)20-9)14(18)10-4-3-5-11(16)13(10)19-2/h3-7H,8,16H2,1-2H3. The Hall–Kier alpha value is -1.95. The number of methoxy groups -OCH3 is 1. The number of hydrogen-bond acceptors (Lipinski definition) is 4. The Kier molecular flexibility index (Phi) is 4.34. The molecule has 1 amide bonds. The largest absolute Gasteiger partial charge is 0.494 e. The van der Waals surface area contributed by atoms with Crippen LogP contribution in [0.3, 0.4) is 0 Å². The van der Waals surface area contributed by atoms with Gasteiger partial charge in [0.25, 0.3) is 5.91 Å². The lowest BCUT2D eigenvalue weighted by Crippen LogP contribution is -2.26. The minimum absolute atomic E-state index is 0.179. The summed E-state index contributed by atoms with van der Waals surface area (Å²) >= 11 is 3.23. The summed E-state index contributed by atoms with van der Waals surface area (Å²) in [7, 11) is 3.19. The van der Waals surface area contributed by atoms with Crippen molar-refractivity contribution in [3.8, 4) is 5.75 Å². The van der Waals surface area contributed by atoms with Gasteiger partial charge in [-0.25, -0.2) is 0 Å². The molecule has 0 bridgehead atoms. The molecular formula is C14H15BrN2O3. The quantitative estimate of drug-likeness (QED) is 0.870. The number of carbonyl (C=O) groups is 1. The van der Waals surface area contributed by atoms with Crippen LogP contribution < -0.4 is 10.5 Å². The van der Waals surface area contributed by atoms with Gasteiger partial charge in [-0.2, -0.15) is 0 Å². The fourth-order valence-corrected chi connectivity index (χ4v) is 2.24. The second-order valence-corrected chi connectivity index (χ2v) is 5.08. The summed E-state index contributed by atoms with van der Waals surface area (Å²) in [5, 5.41) is 0. The lowest BCUT2D eigenvalue weighted by Gasteiger charge is -2.18. The Morgan fingerprint density at radius 1 is 1.40 bits per heavy atom. The van der Waals surface area contributed by atoms with E-state index in [-0.39, 0.29) is 5.91 Å². The monoisotopic (exact) mass is 338 g/mol. The van der Waals surface area contributed by atoms with Crippen LogP contribution in [0.15, 0.2) is 39.4 Å². The molecule has 2 aromatic rings. The number of nitrogen functional groups attached to an aromatic ring is 1. The SMILES string of the molecule is COc1c(N)cccc1C(=O)N(C)Cc1ccc(Br)o1. The van der Waals surface area contributed by atoms with E-state index in [1.54, 1.807) is 36.2 Å². The highest BCUT2D eigenvalue weighted by atomic mass is 79.9. The Balaban J connectivity index is 2.20. The average molecular weight is 339 g/mol. The van der Waals surface area contributed by atoms with Crippen LogP contribution in [0.4, 0.5) is 5.69 Å². The summed E-state index contributed by atoms with van der Waals surface area (Å²) in [4.78, 5) is 14.0. The van der Waals surface area contributed by atoms with Gasteiger partial charge in [0.2, 0.25) is 0 Å². The van der Waals surface area contributed by atoms with Crippen molar-refractivity contribution in [1.29, 1.82) is 0 Å². The molecule has 6 heteroatoms. The Morgan fingerprint density at radius 2 is 2.15 bits per heavy atom. The first-order valence-electron chi connectivity index (χ1n) is 5.95. The molecule has 0 spiro atoms. The molecule has 0 saturated carbocycles. The normalized spacial score (nSPS) is 10.3. The highest BCUT2D eigenvalue weighted by Gasteiger charge is 2.19. The van der Waals surface area contributed by atoms with Gasteiger partial charge in [-0.3, -0.25) is 4.79 Å². The average Bonchev–Trinajstić information content (AvgIpc) is 2.82. The van der Waals surface area contributed by atoms with Crippen LogP contribution in [0.1, 0.15) is 16.1 Å². The predicted molar refractivity (Wildman–Crippen MR) is 79.6 cm³/mol. The van der Waals surface area contributed by atoms with E-state index in [9.17, 15) is 4.79 Å². The number of furan rings is 1. The summed E-state index contributed by atoms with van der Waals surface area (Å²) in [6, 6.07) is 8.70. The van der Waals surface area contributed by atoms with Crippen LogP contribution in [0.25, 0.3) is 0 Å². The Morgan fingerprint density at radius 3 is 2.75 bits per heavy atom. The molecule has 20 heavy (non-hydrogen) atoms. The van der Waals surface area contributed by atoms with Crippen molar-refractivity contribution in [2.24, 2.45) is 0 Å². The maximum atomic E-state index is 12.4. The van der Waals surface area contributed by atoms with E-state index >= 15 is 0 Å². The predicted octanol–water partition coefficient (Wildman–Crippen LogP) is 2.91. The number of hydrogen-bond donors (Lipinski definition) is 1. The fourth-order valence-electron chi connectivity index (χ4n) is 1.90. The molecule has 0 unspecified atom stereocenters. The number of halogens is 1. The number of benzene rings is 1. The molecule has 0 saturated heterocycles. The lowest BCUT2D eigenvalue weighted by molar-refractivity contribution is 0.0771. The van der Waals surface area contributed by atoms with Gasteiger partial charge in [-0.15, -0.1) is 0 Å². The van der Waals surface area contributed by atoms with Crippen molar-refractivity contribution >= 4 is 27.5 Å². The highest BCUT2D eigenvalue weighted by molar-refractivity contribution is 9.10. The third kappa shape index (κ3) is 2.96. The summed E-state index contributed by atoms with van der Waals surface area (Å²) in [6.07, 6.45) is 0. The topological polar surface area (TPSA) is 68.7 Å². The number of para-hydroxylation sites is 1. The smallest absolute Gasteiger partial charge is 0.257 e. The number of anilines is 1. The van der Waals surface area contributed by atoms with Crippen molar-refractivity contribution in [3.63, 3.8) is 0 Å². The maximum absolute atomic E-state index is 12.4. The number of nitrogens with two attached hydrogens (primary N) is 1. The van der Waals surface area contributed by atoms with Crippen molar-refractivity contribution in [3.05, 3.63) is 46.3 Å². The van der Waals surface area contributed by atoms with Gasteiger partial charge in [-0.05, 0) is 40.2 Å². The first-order valence-corrected chi connectivity index (χ1v) is 6.74. The molecule has 2 rings (SSSR count). The Bertz CT molecular complexity index is 625. The molecular weight excluding hydrogens is 324 g/mol. The number of rotatable bonds is 4. The van der Waals surface area contributed by atoms with E-state index in [0.29, 0.717) is 34.0 Å². The number of ether oxygens (including phenoxy) is 1. The van der Waals surface area contributed by atoms with Crippen LogP contribution in [-0.4, -0.2) is 25.0 Å². The number of carbonyl (C=O) groups excluding carboxylic acids is 1. The Labute approximate surface area is 125 Å². The van der Waals surface area contributed by atoms with Crippen LogP contribution >= 0.6 is 15.9 Å². The number of amides is 1. The first-order chi connectivity index (χ1) is 9.52. The van der Waals surface area contributed by atoms with Crippen molar-refractivity contribution < 1.29 is 13.9 Å². The molecule has 1 heterocycles. The summed E-state index contributed by atoms with van der Waals surface area (Å²) in [6.45, 7) is 0.363. The molecule has 0 aliphatic heterocycles. The zero-order chi connectivity index (χ0) is 14.7. The van der Waals surface area contributed by atoms with Gasteiger partial charge in [0, 0.05) is 7.05 Å². The van der Waals surface area contributed by atoms with Crippen LogP contribution in [0.2, 0.25) is 0 Å².